The van der Waals surface area contributed by atoms with Crippen LogP contribution >= 0.6 is 0 Å². The molecular formula is C18H25N4O2+. The number of hydrogen-bond acceptors (Lipinski definition) is 5. The first-order chi connectivity index (χ1) is 11.8. The molecule has 1 aromatic heterocycles. The van der Waals surface area contributed by atoms with Gasteiger partial charge >= 0.3 is 0 Å². The largest absolute Gasteiger partial charge is 0.497 e. The van der Waals surface area contributed by atoms with Crippen LogP contribution in [0.5, 0.6) is 0 Å². The second-order valence-electron chi connectivity index (χ2n) is 4.81. The van der Waals surface area contributed by atoms with Crippen LogP contribution in [-0.4, -0.2) is 37.2 Å². The van der Waals surface area contributed by atoms with Crippen molar-refractivity contribution in [3.63, 3.8) is 0 Å². The Kier molecular flexibility index (Phi) is 10.4. The van der Waals surface area contributed by atoms with E-state index in [0.717, 1.165) is 30.6 Å². The summed E-state index contributed by atoms with van der Waals surface area (Å²) in [5.41, 5.74) is 1.71. The summed E-state index contributed by atoms with van der Waals surface area (Å²) in [6.07, 6.45) is 14.7. The van der Waals surface area contributed by atoms with E-state index in [1.54, 1.807) is 18.5 Å². The van der Waals surface area contributed by atoms with Crippen LogP contribution in [-0.2, 0) is 22.4 Å². The molecule has 6 nitrogen and oxygen atoms in total. The SMILES string of the molecule is C=CC/C(=C/OCCOCC[n+]1ccnc(CC=C)c1)N=CC=N. The molecule has 128 valence electrons. The molecule has 1 aromatic rings. The molecule has 0 bridgehead atoms. The quantitative estimate of drug-likeness (QED) is 0.198. The number of aromatic nitrogens is 2. The van der Waals surface area contributed by atoms with E-state index in [1.807, 2.05) is 23.0 Å². The Morgan fingerprint density at radius 3 is 2.92 bits per heavy atom. The lowest BCUT2D eigenvalue weighted by Crippen LogP contribution is -2.36. The molecule has 0 spiro atoms. The summed E-state index contributed by atoms with van der Waals surface area (Å²) in [4.78, 5) is 8.33. The highest BCUT2D eigenvalue weighted by Gasteiger charge is 2.02. The van der Waals surface area contributed by atoms with Crippen molar-refractivity contribution in [3.05, 3.63) is 61.6 Å². The average molecular weight is 329 g/mol. The lowest BCUT2D eigenvalue weighted by molar-refractivity contribution is -0.699. The molecule has 0 fully saturated rings. The lowest BCUT2D eigenvalue weighted by atomic mass is 10.3. The van der Waals surface area contributed by atoms with Crippen LogP contribution in [0.25, 0.3) is 0 Å². The fraction of sp³-hybridized carbons (Fsp3) is 0.333. The molecule has 0 unspecified atom stereocenters. The monoisotopic (exact) mass is 329 g/mol. The maximum atomic E-state index is 6.93. The summed E-state index contributed by atoms with van der Waals surface area (Å²) in [7, 11) is 0. The summed E-state index contributed by atoms with van der Waals surface area (Å²) in [6, 6.07) is 0. The first kappa shape index (κ1) is 19.4. The zero-order valence-corrected chi connectivity index (χ0v) is 13.9. The molecule has 0 saturated carbocycles. The molecule has 6 heteroatoms. The Balaban J connectivity index is 2.22. The predicted octanol–water partition coefficient (Wildman–Crippen LogP) is 2.27. The second kappa shape index (κ2) is 12.9. The van der Waals surface area contributed by atoms with Crippen molar-refractivity contribution in [3.8, 4) is 0 Å². The van der Waals surface area contributed by atoms with Crippen LogP contribution in [0.2, 0.25) is 0 Å². The summed E-state index contributed by atoms with van der Waals surface area (Å²) in [6.45, 7) is 9.67. The first-order valence-corrected chi connectivity index (χ1v) is 7.77. The summed E-state index contributed by atoms with van der Waals surface area (Å²) in [5.74, 6) is 0. The van der Waals surface area contributed by atoms with Crippen molar-refractivity contribution >= 4 is 12.4 Å². The van der Waals surface area contributed by atoms with Crippen LogP contribution in [0.4, 0.5) is 0 Å². The van der Waals surface area contributed by atoms with Crippen molar-refractivity contribution < 1.29 is 14.0 Å². The molecule has 0 saturated heterocycles. The molecule has 0 aliphatic carbocycles. The first-order valence-electron chi connectivity index (χ1n) is 7.77. The Morgan fingerprint density at radius 2 is 2.17 bits per heavy atom. The topological polar surface area (TPSA) is 71.4 Å². The van der Waals surface area contributed by atoms with E-state index in [2.05, 4.69) is 23.1 Å². The van der Waals surface area contributed by atoms with Gasteiger partial charge in [-0.3, -0.25) is 4.99 Å². The Labute approximate surface area is 143 Å². The van der Waals surface area contributed by atoms with E-state index in [1.165, 1.54) is 6.21 Å². The van der Waals surface area contributed by atoms with Crippen LogP contribution in [0.1, 0.15) is 12.1 Å². The van der Waals surface area contributed by atoms with Crippen molar-refractivity contribution in [2.24, 2.45) is 4.99 Å². The van der Waals surface area contributed by atoms with Gasteiger partial charge in [0, 0.05) is 25.3 Å². The van der Waals surface area contributed by atoms with Gasteiger partial charge in [-0.1, -0.05) is 12.2 Å². The van der Waals surface area contributed by atoms with Gasteiger partial charge in [0.25, 0.3) is 0 Å². The van der Waals surface area contributed by atoms with E-state index in [-0.39, 0.29) is 0 Å². The summed E-state index contributed by atoms with van der Waals surface area (Å²) >= 11 is 0. The smallest absolute Gasteiger partial charge is 0.190 e. The van der Waals surface area contributed by atoms with Crippen LogP contribution in [0.3, 0.4) is 0 Å². The number of allylic oxidation sites excluding steroid dienone is 2. The van der Waals surface area contributed by atoms with E-state index < -0.39 is 0 Å². The van der Waals surface area contributed by atoms with Gasteiger partial charge in [-0.05, 0) is 0 Å². The number of ether oxygens (including phenoxy) is 2. The molecule has 1 rings (SSSR count). The van der Waals surface area contributed by atoms with Crippen molar-refractivity contribution in [1.29, 1.82) is 5.41 Å². The van der Waals surface area contributed by atoms with E-state index in [0.29, 0.717) is 26.2 Å². The van der Waals surface area contributed by atoms with Gasteiger partial charge in [0.2, 0.25) is 0 Å². The number of nitrogens with one attached hydrogen (secondary N) is 1. The molecule has 0 aliphatic rings. The van der Waals surface area contributed by atoms with Gasteiger partial charge in [0.1, 0.15) is 25.2 Å². The van der Waals surface area contributed by atoms with Gasteiger partial charge in [0.15, 0.2) is 18.9 Å². The normalized spacial score (nSPS) is 11.4. The van der Waals surface area contributed by atoms with Crippen LogP contribution < -0.4 is 4.57 Å². The van der Waals surface area contributed by atoms with E-state index in [4.69, 9.17) is 14.9 Å². The Bertz CT molecular complexity index is 582. The summed E-state index contributed by atoms with van der Waals surface area (Å²) < 4.78 is 13.0. The highest BCUT2D eigenvalue weighted by atomic mass is 16.5. The molecule has 0 atom stereocenters. The van der Waals surface area contributed by atoms with Crippen molar-refractivity contribution in [2.75, 3.05) is 19.8 Å². The predicted molar refractivity (Wildman–Crippen MR) is 95.3 cm³/mol. The maximum absolute atomic E-state index is 6.93. The van der Waals surface area contributed by atoms with Gasteiger partial charge in [-0.15, -0.1) is 13.2 Å². The zero-order valence-electron chi connectivity index (χ0n) is 13.9. The van der Waals surface area contributed by atoms with Crippen molar-refractivity contribution in [2.45, 2.75) is 19.4 Å². The third-order valence-corrected chi connectivity index (χ3v) is 2.89. The van der Waals surface area contributed by atoms with E-state index >= 15 is 0 Å². The molecule has 0 amide bonds. The highest BCUT2D eigenvalue weighted by Crippen LogP contribution is 2.03. The second-order valence-corrected chi connectivity index (χ2v) is 4.81. The minimum Gasteiger partial charge on any atom is -0.497 e. The minimum absolute atomic E-state index is 0.448. The minimum atomic E-state index is 0.448. The fourth-order valence-corrected chi connectivity index (χ4v) is 1.82. The third-order valence-electron chi connectivity index (χ3n) is 2.89. The summed E-state index contributed by atoms with van der Waals surface area (Å²) in [5, 5.41) is 6.93. The molecule has 1 heterocycles. The number of aliphatic imine (C=N–C) groups is 1. The van der Waals surface area contributed by atoms with Crippen LogP contribution in [0.15, 0.2) is 60.9 Å². The standard InChI is InChI=1S/C18H25N4O2/c1-3-5-17-15-22(10-9-21-17)11-12-23-13-14-24-16-18(6-4-2)20-8-7-19/h3-4,7-10,15-16,19H,1-2,5-6,11-14H2/q+1/b18-16-,19-7?,20-8?. The molecule has 0 aliphatic heterocycles. The van der Waals surface area contributed by atoms with Gasteiger partial charge in [-0.2, -0.15) is 4.57 Å². The third kappa shape index (κ3) is 8.75. The zero-order chi connectivity index (χ0) is 17.5. The molecule has 0 aromatic carbocycles. The Morgan fingerprint density at radius 1 is 1.29 bits per heavy atom. The maximum Gasteiger partial charge on any atom is 0.190 e. The average Bonchev–Trinajstić information content (AvgIpc) is 2.59. The lowest BCUT2D eigenvalue weighted by Gasteiger charge is -2.04. The van der Waals surface area contributed by atoms with Crippen molar-refractivity contribution in [1.82, 2.24) is 4.98 Å². The molecule has 1 N–H and O–H groups in total. The molecule has 24 heavy (non-hydrogen) atoms. The van der Waals surface area contributed by atoms with Gasteiger partial charge in [-0.25, -0.2) is 4.98 Å². The number of hydrogen-bond donors (Lipinski definition) is 1. The van der Waals surface area contributed by atoms with E-state index in [9.17, 15) is 0 Å². The van der Waals surface area contributed by atoms with Gasteiger partial charge < -0.3 is 14.9 Å². The Hall–Kier alpha value is -2.60. The molecule has 0 radical (unpaired) electrons. The number of nitrogens with zero attached hydrogens (tertiary/aromatic N) is 3. The number of rotatable bonds is 13. The molecular weight excluding hydrogens is 304 g/mol. The van der Waals surface area contributed by atoms with Gasteiger partial charge in [0.05, 0.1) is 18.5 Å². The highest BCUT2D eigenvalue weighted by molar-refractivity contribution is 6.14. The fourth-order valence-electron chi connectivity index (χ4n) is 1.82. The van der Waals surface area contributed by atoms with Crippen LogP contribution in [0, 0.1) is 5.41 Å².